The molecule has 2 aliphatic rings. The van der Waals surface area contributed by atoms with Gasteiger partial charge in [0.2, 0.25) is 0 Å². The lowest BCUT2D eigenvalue weighted by atomic mass is 9.85. The van der Waals surface area contributed by atoms with Crippen molar-refractivity contribution in [3.05, 3.63) is 59.0 Å². The Morgan fingerprint density at radius 2 is 1.88 bits per heavy atom. The number of aryl methyl sites for hydroxylation is 1. The summed E-state index contributed by atoms with van der Waals surface area (Å²) in [6, 6.07) is 8.88. The van der Waals surface area contributed by atoms with Gasteiger partial charge < -0.3 is 9.47 Å². The molecule has 0 amide bonds. The van der Waals surface area contributed by atoms with Crippen LogP contribution in [0.4, 0.5) is 5.69 Å². The Hall–Kier alpha value is -2.29. The number of pyridine rings is 1. The molecule has 0 atom stereocenters. The molecule has 3 heterocycles. The van der Waals surface area contributed by atoms with Crippen LogP contribution < -0.4 is 4.90 Å². The third-order valence-electron chi connectivity index (χ3n) is 6.66. The Balaban J connectivity index is 1.60. The molecule has 0 bridgehead atoms. The molecule has 0 saturated heterocycles. The summed E-state index contributed by atoms with van der Waals surface area (Å²) >= 11 is 0. The summed E-state index contributed by atoms with van der Waals surface area (Å²) in [6.45, 7) is 7.76. The van der Waals surface area contributed by atoms with E-state index in [2.05, 4.69) is 65.0 Å². The van der Waals surface area contributed by atoms with Crippen LogP contribution in [0.3, 0.4) is 0 Å². The van der Waals surface area contributed by atoms with Crippen molar-refractivity contribution in [2.75, 3.05) is 11.4 Å². The maximum atomic E-state index is 4.62. The summed E-state index contributed by atoms with van der Waals surface area (Å²) in [4.78, 5) is 7.15. The van der Waals surface area contributed by atoms with Crippen molar-refractivity contribution in [1.82, 2.24) is 9.55 Å². The van der Waals surface area contributed by atoms with Gasteiger partial charge in [-0.05, 0) is 55.7 Å². The average molecular weight is 345 g/mol. The number of hydrogen-bond acceptors (Lipinski definition) is 2. The van der Waals surface area contributed by atoms with Crippen molar-refractivity contribution in [1.29, 1.82) is 0 Å². The summed E-state index contributed by atoms with van der Waals surface area (Å²) in [7, 11) is 0. The average Bonchev–Trinajstić information content (AvgIpc) is 2.89. The van der Waals surface area contributed by atoms with Crippen LogP contribution in [0.1, 0.15) is 41.6 Å². The zero-order chi connectivity index (χ0) is 17.7. The maximum Gasteiger partial charge on any atom is 0.0803 e. The van der Waals surface area contributed by atoms with E-state index in [1.165, 1.54) is 58.2 Å². The Morgan fingerprint density at radius 3 is 2.65 bits per heavy atom. The summed E-state index contributed by atoms with van der Waals surface area (Å²) in [6.07, 6.45) is 9.45. The molecule has 0 N–H and O–H groups in total. The van der Waals surface area contributed by atoms with Crippen LogP contribution in [-0.2, 0) is 19.5 Å². The Morgan fingerprint density at radius 1 is 1.08 bits per heavy atom. The highest BCUT2D eigenvalue weighted by atomic mass is 15.2. The van der Waals surface area contributed by atoms with E-state index in [4.69, 9.17) is 0 Å². The first kappa shape index (κ1) is 15.9. The van der Waals surface area contributed by atoms with Crippen molar-refractivity contribution in [2.45, 2.75) is 52.6 Å². The lowest BCUT2D eigenvalue weighted by molar-refractivity contribution is 0.278. The number of aromatic nitrogens is 2. The second kappa shape index (κ2) is 6.15. The van der Waals surface area contributed by atoms with E-state index in [0.29, 0.717) is 0 Å². The van der Waals surface area contributed by atoms with Crippen LogP contribution in [0, 0.1) is 19.8 Å². The van der Waals surface area contributed by atoms with Gasteiger partial charge in [0.05, 0.1) is 17.4 Å². The molecule has 1 aromatic carbocycles. The predicted molar refractivity (Wildman–Crippen MR) is 108 cm³/mol. The zero-order valence-corrected chi connectivity index (χ0v) is 15.8. The summed E-state index contributed by atoms with van der Waals surface area (Å²) in [5.41, 5.74) is 8.49. The first-order valence-corrected chi connectivity index (χ1v) is 9.97. The highest BCUT2D eigenvalue weighted by Gasteiger charge is 2.25. The van der Waals surface area contributed by atoms with Gasteiger partial charge in [0.25, 0.3) is 0 Å². The van der Waals surface area contributed by atoms with E-state index in [1.807, 2.05) is 0 Å². The Kier molecular flexibility index (Phi) is 3.77. The standard InChI is InChI=1S/C23H27N3/c1-16-17(2)26(14-18-6-5-7-18)23-21(16)12-24-13-22(23)25-11-10-19-8-3-4-9-20(19)15-25/h3-4,8-9,12-13,18H,5-7,10-11,14-15H2,1-2H3. The first-order chi connectivity index (χ1) is 12.7. The van der Waals surface area contributed by atoms with Crippen LogP contribution in [0.5, 0.6) is 0 Å². The van der Waals surface area contributed by atoms with Gasteiger partial charge in [-0.25, -0.2) is 0 Å². The number of fused-ring (bicyclic) bond motifs is 2. The molecule has 0 radical (unpaired) electrons. The summed E-state index contributed by atoms with van der Waals surface area (Å²) in [5, 5.41) is 1.33. The highest BCUT2D eigenvalue weighted by Crippen LogP contribution is 2.37. The van der Waals surface area contributed by atoms with Gasteiger partial charge in [-0.1, -0.05) is 30.7 Å². The van der Waals surface area contributed by atoms with Crippen molar-refractivity contribution < 1.29 is 0 Å². The van der Waals surface area contributed by atoms with Gasteiger partial charge in [0.15, 0.2) is 0 Å². The highest BCUT2D eigenvalue weighted by molar-refractivity contribution is 5.94. The number of nitrogens with zero attached hydrogens (tertiary/aromatic N) is 3. The molecule has 1 aliphatic heterocycles. The molecule has 0 unspecified atom stereocenters. The molecule has 5 rings (SSSR count). The van der Waals surface area contributed by atoms with Crippen LogP contribution in [-0.4, -0.2) is 16.1 Å². The van der Waals surface area contributed by atoms with Gasteiger partial charge in [-0.15, -0.1) is 0 Å². The fraction of sp³-hybridized carbons (Fsp3) is 0.435. The van der Waals surface area contributed by atoms with Crippen LogP contribution in [0.2, 0.25) is 0 Å². The molecule has 1 fully saturated rings. The first-order valence-electron chi connectivity index (χ1n) is 9.97. The molecule has 3 nitrogen and oxygen atoms in total. The van der Waals surface area contributed by atoms with Gasteiger partial charge in [-0.2, -0.15) is 0 Å². The van der Waals surface area contributed by atoms with E-state index in [1.54, 1.807) is 0 Å². The van der Waals surface area contributed by atoms with E-state index in [0.717, 1.165) is 32.0 Å². The molecule has 3 aromatic rings. The van der Waals surface area contributed by atoms with E-state index >= 15 is 0 Å². The monoisotopic (exact) mass is 345 g/mol. The zero-order valence-electron chi connectivity index (χ0n) is 15.8. The van der Waals surface area contributed by atoms with E-state index < -0.39 is 0 Å². The third-order valence-corrected chi connectivity index (χ3v) is 6.66. The number of hydrogen-bond donors (Lipinski definition) is 0. The fourth-order valence-electron chi connectivity index (χ4n) is 4.66. The van der Waals surface area contributed by atoms with Gasteiger partial charge in [0.1, 0.15) is 0 Å². The van der Waals surface area contributed by atoms with Crippen LogP contribution >= 0.6 is 0 Å². The van der Waals surface area contributed by atoms with Crippen LogP contribution in [0.25, 0.3) is 10.9 Å². The lowest BCUT2D eigenvalue weighted by Gasteiger charge is -2.32. The molecular formula is C23H27N3. The minimum Gasteiger partial charge on any atom is -0.364 e. The van der Waals surface area contributed by atoms with Crippen molar-refractivity contribution in [2.24, 2.45) is 5.92 Å². The minimum absolute atomic E-state index is 0.854. The van der Waals surface area contributed by atoms with Crippen molar-refractivity contribution in [3.63, 3.8) is 0 Å². The topological polar surface area (TPSA) is 21.1 Å². The molecule has 0 spiro atoms. The van der Waals surface area contributed by atoms with Crippen molar-refractivity contribution in [3.8, 4) is 0 Å². The third kappa shape index (κ3) is 2.45. The lowest BCUT2D eigenvalue weighted by Crippen LogP contribution is -2.31. The van der Waals surface area contributed by atoms with Crippen molar-refractivity contribution >= 4 is 16.6 Å². The molecule has 1 saturated carbocycles. The SMILES string of the molecule is Cc1c(C)n(CC2CCC2)c2c(N3CCc4ccccc4C3)cncc12. The maximum absolute atomic E-state index is 4.62. The Labute approximate surface area is 155 Å². The predicted octanol–water partition coefficient (Wildman–Crippen LogP) is 5.02. The molecule has 1 aliphatic carbocycles. The molecule has 134 valence electrons. The Bertz CT molecular complexity index is 965. The van der Waals surface area contributed by atoms with Gasteiger partial charge in [-0.3, -0.25) is 4.98 Å². The summed E-state index contributed by atoms with van der Waals surface area (Å²) in [5.74, 6) is 0.854. The van der Waals surface area contributed by atoms with Gasteiger partial charge in [0, 0.05) is 36.9 Å². The molecule has 3 heteroatoms. The van der Waals surface area contributed by atoms with Gasteiger partial charge >= 0.3 is 0 Å². The van der Waals surface area contributed by atoms with E-state index in [-0.39, 0.29) is 0 Å². The normalized spacial score (nSPS) is 17.4. The second-order valence-corrected chi connectivity index (χ2v) is 8.11. The minimum atomic E-state index is 0.854. The van der Waals surface area contributed by atoms with Crippen LogP contribution in [0.15, 0.2) is 36.7 Å². The second-order valence-electron chi connectivity index (χ2n) is 8.11. The molecule has 2 aromatic heterocycles. The molecular weight excluding hydrogens is 318 g/mol. The smallest absolute Gasteiger partial charge is 0.0803 e. The largest absolute Gasteiger partial charge is 0.364 e. The number of anilines is 1. The van der Waals surface area contributed by atoms with E-state index in [9.17, 15) is 0 Å². The summed E-state index contributed by atoms with van der Waals surface area (Å²) < 4.78 is 2.59. The number of rotatable bonds is 3. The number of benzene rings is 1. The quantitative estimate of drug-likeness (QED) is 0.665. The molecule has 26 heavy (non-hydrogen) atoms. The fourth-order valence-corrected chi connectivity index (χ4v) is 4.66.